The fraction of sp³-hybridized carbons (Fsp3) is 0.231. The monoisotopic (exact) mass is 227 g/mol. The number of hydrogen-bond donors (Lipinski definition) is 2. The number of nitrogens with zero attached hydrogens (tertiary/aromatic N) is 1. The van der Waals surface area contributed by atoms with Crippen LogP contribution in [0.25, 0.3) is 10.9 Å². The molecule has 3 rings (SSSR count). The molecule has 0 saturated carbocycles. The van der Waals surface area contributed by atoms with Crippen LogP contribution in [0.2, 0.25) is 0 Å². The number of carbonyl (C=O) groups excluding carboxylic acids is 1. The van der Waals surface area contributed by atoms with E-state index in [-0.39, 0.29) is 11.8 Å². The highest BCUT2D eigenvalue weighted by molar-refractivity contribution is 5.95. The fourth-order valence-electron chi connectivity index (χ4n) is 1.87. The molecule has 86 valence electrons. The molecule has 2 aromatic rings. The molecular weight excluding hydrogens is 214 g/mol. The number of pyridine rings is 1. The third-order valence-corrected chi connectivity index (χ3v) is 3.02. The van der Waals surface area contributed by atoms with Crippen LogP contribution in [-0.2, 0) is 4.79 Å². The molecule has 1 aliphatic heterocycles. The van der Waals surface area contributed by atoms with E-state index in [1.54, 1.807) is 6.20 Å². The van der Waals surface area contributed by atoms with E-state index in [1.165, 1.54) is 0 Å². The number of anilines is 1. The third kappa shape index (κ3) is 1.99. The van der Waals surface area contributed by atoms with E-state index in [1.807, 2.05) is 30.3 Å². The van der Waals surface area contributed by atoms with Crippen molar-refractivity contribution >= 4 is 22.5 Å². The second-order valence-corrected chi connectivity index (χ2v) is 4.26. The number of aromatic nitrogens is 1. The highest BCUT2D eigenvalue weighted by Gasteiger charge is 2.24. The van der Waals surface area contributed by atoms with Gasteiger partial charge in [-0.15, -0.1) is 0 Å². The summed E-state index contributed by atoms with van der Waals surface area (Å²) in [6, 6.07) is 9.64. The lowest BCUT2D eigenvalue weighted by molar-refractivity contribution is -0.121. The van der Waals surface area contributed by atoms with Gasteiger partial charge in [-0.2, -0.15) is 0 Å². The second kappa shape index (κ2) is 4.14. The summed E-state index contributed by atoms with van der Waals surface area (Å²) in [5.74, 6) is 0.201. The Morgan fingerprint density at radius 1 is 1.35 bits per heavy atom. The zero-order valence-corrected chi connectivity index (χ0v) is 9.31. The maximum Gasteiger partial charge on any atom is 0.230 e. The Hall–Kier alpha value is -1.94. The highest BCUT2D eigenvalue weighted by Crippen LogP contribution is 2.18. The van der Waals surface area contributed by atoms with Gasteiger partial charge in [0.25, 0.3) is 0 Å². The molecule has 1 amide bonds. The predicted octanol–water partition coefficient (Wildman–Crippen LogP) is 1.39. The standard InChI is InChI=1S/C13H13N3O/c17-13(10-7-14-8-10)16-11-3-4-12-9(6-11)2-1-5-15-12/h1-6,10,14H,7-8H2,(H,16,17). The number of fused-ring (bicyclic) bond motifs is 1. The van der Waals surface area contributed by atoms with Gasteiger partial charge in [-0.1, -0.05) is 6.07 Å². The van der Waals surface area contributed by atoms with E-state index < -0.39 is 0 Å². The SMILES string of the molecule is O=C(Nc1ccc2ncccc2c1)C1CNC1. The minimum Gasteiger partial charge on any atom is -0.326 e. The fourth-order valence-corrected chi connectivity index (χ4v) is 1.87. The van der Waals surface area contributed by atoms with Crippen molar-refractivity contribution in [3.05, 3.63) is 36.5 Å². The molecular formula is C13H13N3O. The summed E-state index contributed by atoms with van der Waals surface area (Å²) in [7, 11) is 0. The molecule has 0 unspecified atom stereocenters. The van der Waals surface area contributed by atoms with Crippen molar-refractivity contribution in [1.82, 2.24) is 10.3 Å². The predicted molar refractivity (Wildman–Crippen MR) is 66.7 cm³/mol. The Labute approximate surface area is 99.0 Å². The lowest BCUT2D eigenvalue weighted by Gasteiger charge is -2.25. The summed E-state index contributed by atoms with van der Waals surface area (Å²) in [6.07, 6.45) is 1.76. The zero-order chi connectivity index (χ0) is 11.7. The summed E-state index contributed by atoms with van der Waals surface area (Å²) in [4.78, 5) is 16.0. The molecule has 1 fully saturated rings. The van der Waals surface area contributed by atoms with Crippen LogP contribution < -0.4 is 10.6 Å². The lowest BCUT2D eigenvalue weighted by atomic mass is 10.0. The number of carbonyl (C=O) groups is 1. The number of amides is 1. The van der Waals surface area contributed by atoms with Crippen molar-refractivity contribution < 1.29 is 4.79 Å². The molecule has 0 aliphatic carbocycles. The van der Waals surface area contributed by atoms with Gasteiger partial charge in [0, 0.05) is 30.4 Å². The van der Waals surface area contributed by atoms with E-state index in [2.05, 4.69) is 15.6 Å². The van der Waals surface area contributed by atoms with Gasteiger partial charge in [0.1, 0.15) is 0 Å². The van der Waals surface area contributed by atoms with Gasteiger partial charge in [0.05, 0.1) is 11.4 Å². The largest absolute Gasteiger partial charge is 0.326 e. The molecule has 0 radical (unpaired) electrons. The molecule has 1 aromatic carbocycles. The van der Waals surface area contributed by atoms with Gasteiger partial charge in [0.15, 0.2) is 0 Å². The molecule has 0 bridgehead atoms. The number of benzene rings is 1. The van der Waals surface area contributed by atoms with Gasteiger partial charge < -0.3 is 10.6 Å². The quantitative estimate of drug-likeness (QED) is 0.815. The molecule has 2 heterocycles. The number of nitrogens with one attached hydrogen (secondary N) is 2. The zero-order valence-electron chi connectivity index (χ0n) is 9.31. The van der Waals surface area contributed by atoms with Gasteiger partial charge in [0.2, 0.25) is 5.91 Å². The first-order chi connectivity index (χ1) is 8.33. The first-order valence-corrected chi connectivity index (χ1v) is 5.69. The Balaban J connectivity index is 1.82. The first kappa shape index (κ1) is 10.2. The summed E-state index contributed by atoms with van der Waals surface area (Å²) < 4.78 is 0. The van der Waals surface area contributed by atoms with E-state index in [4.69, 9.17) is 0 Å². The molecule has 17 heavy (non-hydrogen) atoms. The van der Waals surface area contributed by atoms with Crippen molar-refractivity contribution in [2.45, 2.75) is 0 Å². The van der Waals surface area contributed by atoms with Crippen LogP contribution in [-0.4, -0.2) is 24.0 Å². The molecule has 0 spiro atoms. The maximum absolute atomic E-state index is 11.8. The normalized spacial score (nSPS) is 15.5. The first-order valence-electron chi connectivity index (χ1n) is 5.69. The Bertz CT molecular complexity index is 563. The average molecular weight is 227 g/mol. The van der Waals surface area contributed by atoms with Crippen molar-refractivity contribution in [2.24, 2.45) is 5.92 Å². The van der Waals surface area contributed by atoms with Crippen molar-refractivity contribution in [3.63, 3.8) is 0 Å². The lowest BCUT2D eigenvalue weighted by Crippen LogP contribution is -2.48. The van der Waals surface area contributed by atoms with Crippen molar-refractivity contribution in [3.8, 4) is 0 Å². The summed E-state index contributed by atoms with van der Waals surface area (Å²) in [6.45, 7) is 1.56. The van der Waals surface area contributed by atoms with Crippen LogP contribution in [0.15, 0.2) is 36.5 Å². The minimum absolute atomic E-state index is 0.0898. The summed E-state index contributed by atoms with van der Waals surface area (Å²) >= 11 is 0. The maximum atomic E-state index is 11.8. The van der Waals surface area contributed by atoms with Crippen LogP contribution in [0.4, 0.5) is 5.69 Å². The van der Waals surface area contributed by atoms with E-state index in [0.29, 0.717) is 0 Å². The van der Waals surface area contributed by atoms with E-state index in [9.17, 15) is 4.79 Å². The second-order valence-electron chi connectivity index (χ2n) is 4.26. The molecule has 4 heteroatoms. The van der Waals surface area contributed by atoms with E-state index >= 15 is 0 Å². The minimum atomic E-state index is 0.0898. The van der Waals surface area contributed by atoms with Crippen molar-refractivity contribution in [2.75, 3.05) is 18.4 Å². The smallest absolute Gasteiger partial charge is 0.230 e. The Morgan fingerprint density at radius 2 is 2.24 bits per heavy atom. The van der Waals surface area contributed by atoms with Gasteiger partial charge >= 0.3 is 0 Å². The Morgan fingerprint density at radius 3 is 3.00 bits per heavy atom. The molecule has 0 atom stereocenters. The highest BCUT2D eigenvalue weighted by atomic mass is 16.2. The van der Waals surface area contributed by atoms with Gasteiger partial charge in [-0.3, -0.25) is 9.78 Å². The van der Waals surface area contributed by atoms with Crippen LogP contribution in [0.1, 0.15) is 0 Å². The average Bonchev–Trinajstić information content (AvgIpc) is 2.26. The topological polar surface area (TPSA) is 54.0 Å². The van der Waals surface area contributed by atoms with Crippen LogP contribution in [0, 0.1) is 5.92 Å². The Kier molecular flexibility index (Phi) is 2.49. The number of hydrogen-bond acceptors (Lipinski definition) is 3. The molecule has 1 aromatic heterocycles. The van der Waals surface area contributed by atoms with Crippen molar-refractivity contribution in [1.29, 1.82) is 0 Å². The van der Waals surface area contributed by atoms with Crippen LogP contribution in [0.5, 0.6) is 0 Å². The summed E-state index contributed by atoms with van der Waals surface area (Å²) in [5, 5.41) is 7.05. The van der Waals surface area contributed by atoms with Gasteiger partial charge in [-0.25, -0.2) is 0 Å². The van der Waals surface area contributed by atoms with Gasteiger partial charge in [-0.05, 0) is 24.3 Å². The van der Waals surface area contributed by atoms with Crippen LogP contribution in [0.3, 0.4) is 0 Å². The summed E-state index contributed by atoms with van der Waals surface area (Å²) in [5.41, 5.74) is 1.78. The molecule has 1 saturated heterocycles. The van der Waals surface area contributed by atoms with Crippen LogP contribution >= 0.6 is 0 Å². The molecule has 2 N–H and O–H groups in total. The molecule has 1 aliphatic rings. The van der Waals surface area contributed by atoms with E-state index in [0.717, 1.165) is 29.7 Å². The number of rotatable bonds is 2. The third-order valence-electron chi connectivity index (χ3n) is 3.02. The molecule has 4 nitrogen and oxygen atoms in total.